The Morgan fingerprint density at radius 1 is 1.11 bits per heavy atom. The summed E-state index contributed by atoms with van der Waals surface area (Å²) in [7, 11) is 1.69. The lowest BCUT2D eigenvalue weighted by molar-refractivity contribution is 0.203. The van der Waals surface area contributed by atoms with Crippen LogP contribution in [0.1, 0.15) is 16.9 Å². The van der Waals surface area contributed by atoms with E-state index in [0.717, 1.165) is 31.2 Å². The molecular formula is C21H27N5O2. The first-order valence-corrected chi connectivity index (χ1v) is 9.43. The highest BCUT2D eigenvalue weighted by molar-refractivity contribution is 5.79. The van der Waals surface area contributed by atoms with Crippen LogP contribution in [-0.2, 0) is 24.2 Å². The van der Waals surface area contributed by atoms with Gasteiger partial charge in [-0.1, -0.05) is 24.3 Å². The lowest BCUT2D eigenvalue weighted by atomic mass is 10.1. The zero-order valence-electron chi connectivity index (χ0n) is 16.2. The van der Waals surface area contributed by atoms with Crippen LogP contribution < -0.4 is 10.6 Å². The molecule has 3 aromatic rings. The highest BCUT2D eigenvalue weighted by atomic mass is 16.5. The predicted octanol–water partition coefficient (Wildman–Crippen LogP) is 2.45. The Balaban J connectivity index is 1.62. The Kier molecular flexibility index (Phi) is 7.69. The zero-order valence-corrected chi connectivity index (χ0v) is 16.2. The first-order chi connectivity index (χ1) is 13.8. The number of hydrogen-bond donors (Lipinski definition) is 2. The minimum absolute atomic E-state index is 0.584. The Morgan fingerprint density at radius 3 is 2.71 bits per heavy atom. The van der Waals surface area contributed by atoms with Gasteiger partial charge in [0, 0.05) is 39.0 Å². The van der Waals surface area contributed by atoms with Crippen LogP contribution in [0.3, 0.4) is 0 Å². The maximum absolute atomic E-state index is 5.38. The third kappa shape index (κ3) is 6.28. The number of methoxy groups -OCH3 is 1. The van der Waals surface area contributed by atoms with Crippen LogP contribution in [0.5, 0.6) is 0 Å². The number of rotatable bonds is 10. The van der Waals surface area contributed by atoms with E-state index in [2.05, 4.69) is 27.9 Å². The van der Waals surface area contributed by atoms with E-state index in [1.54, 1.807) is 19.6 Å². The SMILES string of the molecule is COCCNC(=NCc1ccccc1Cn1cccn1)NCCc1ccco1. The zero-order chi connectivity index (χ0) is 19.4. The molecule has 3 rings (SSSR count). The van der Waals surface area contributed by atoms with Gasteiger partial charge in [-0.2, -0.15) is 5.10 Å². The van der Waals surface area contributed by atoms with Crippen molar-refractivity contribution in [3.63, 3.8) is 0 Å². The summed E-state index contributed by atoms with van der Waals surface area (Å²) in [4.78, 5) is 4.75. The van der Waals surface area contributed by atoms with E-state index in [-0.39, 0.29) is 0 Å². The van der Waals surface area contributed by atoms with Crippen LogP contribution in [0.2, 0.25) is 0 Å². The lowest BCUT2D eigenvalue weighted by Gasteiger charge is -2.13. The topological polar surface area (TPSA) is 76.6 Å². The molecule has 0 saturated carbocycles. The second kappa shape index (κ2) is 10.9. The van der Waals surface area contributed by atoms with E-state index in [4.69, 9.17) is 14.1 Å². The van der Waals surface area contributed by atoms with Crippen molar-refractivity contribution in [1.82, 2.24) is 20.4 Å². The van der Waals surface area contributed by atoms with Gasteiger partial charge in [0.1, 0.15) is 5.76 Å². The van der Waals surface area contributed by atoms with Crippen LogP contribution in [0, 0.1) is 0 Å². The molecule has 0 fully saturated rings. The second-order valence-electron chi connectivity index (χ2n) is 6.31. The van der Waals surface area contributed by atoms with E-state index in [1.807, 2.05) is 41.2 Å². The van der Waals surface area contributed by atoms with Gasteiger partial charge in [-0.25, -0.2) is 4.99 Å². The number of hydrogen-bond acceptors (Lipinski definition) is 4. The van der Waals surface area contributed by atoms with Crippen molar-refractivity contribution in [2.24, 2.45) is 4.99 Å². The summed E-state index contributed by atoms with van der Waals surface area (Å²) >= 11 is 0. The van der Waals surface area contributed by atoms with Crippen LogP contribution in [-0.4, -0.2) is 42.5 Å². The van der Waals surface area contributed by atoms with Crippen LogP contribution in [0.4, 0.5) is 0 Å². The smallest absolute Gasteiger partial charge is 0.191 e. The monoisotopic (exact) mass is 381 g/mol. The third-order valence-electron chi connectivity index (χ3n) is 4.26. The summed E-state index contributed by atoms with van der Waals surface area (Å²) in [5.74, 6) is 1.71. The predicted molar refractivity (Wildman–Crippen MR) is 109 cm³/mol. The fourth-order valence-electron chi connectivity index (χ4n) is 2.80. The average Bonchev–Trinajstić information content (AvgIpc) is 3.41. The molecule has 0 bridgehead atoms. The molecule has 2 heterocycles. The number of aromatic nitrogens is 2. The molecule has 148 valence electrons. The molecule has 0 saturated heterocycles. The molecule has 2 aromatic heterocycles. The molecule has 0 spiro atoms. The van der Waals surface area contributed by atoms with Crippen molar-refractivity contribution in [3.8, 4) is 0 Å². The average molecular weight is 381 g/mol. The highest BCUT2D eigenvalue weighted by Gasteiger charge is 2.05. The number of nitrogens with one attached hydrogen (secondary N) is 2. The van der Waals surface area contributed by atoms with Gasteiger partial charge in [0.2, 0.25) is 0 Å². The van der Waals surface area contributed by atoms with Gasteiger partial charge in [0.25, 0.3) is 0 Å². The van der Waals surface area contributed by atoms with Crippen LogP contribution >= 0.6 is 0 Å². The number of ether oxygens (including phenoxy) is 1. The minimum atomic E-state index is 0.584. The molecule has 2 N–H and O–H groups in total. The number of guanidine groups is 1. The van der Waals surface area contributed by atoms with Gasteiger partial charge in [-0.3, -0.25) is 4.68 Å². The molecular weight excluding hydrogens is 354 g/mol. The molecule has 1 aromatic carbocycles. The van der Waals surface area contributed by atoms with Gasteiger partial charge in [-0.15, -0.1) is 0 Å². The molecule has 0 unspecified atom stereocenters. The largest absolute Gasteiger partial charge is 0.469 e. The van der Waals surface area contributed by atoms with Crippen molar-refractivity contribution in [2.45, 2.75) is 19.5 Å². The Labute approximate surface area is 165 Å². The van der Waals surface area contributed by atoms with E-state index in [9.17, 15) is 0 Å². The van der Waals surface area contributed by atoms with Crippen LogP contribution in [0.15, 0.2) is 70.5 Å². The number of aliphatic imine (C=N–C) groups is 1. The molecule has 0 atom stereocenters. The van der Waals surface area contributed by atoms with Gasteiger partial charge in [-0.05, 0) is 29.3 Å². The second-order valence-corrected chi connectivity index (χ2v) is 6.31. The van der Waals surface area contributed by atoms with Crippen LogP contribution in [0.25, 0.3) is 0 Å². The quantitative estimate of drug-likeness (QED) is 0.320. The van der Waals surface area contributed by atoms with Crippen molar-refractivity contribution in [1.29, 1.82) is 0 Å². The summed E-state index contributed by atoms with van der Waals surface area (Å²) < 4.78 is 12.4. The lowest BCUT2D eigenvalue weighted by Crippen LogP contribution is -2.40. The van der Waals surface area contributed by atoms with Crippen molar-refractivity contribution in [2.75, 3.05) is 26.8 Å². The standard InChI is InChI=1S/C21H27N5O2/c1-27-15-12-23-21(22-11-9-20-8-4-14-28-20)24-16-18-6-2-3-7-19(18)17-26-13-5-10-25-26/h2-8,10,13-14H,9,11-12,15-17H2,1H3,(H2,22,23,24). The van der Waals surface area contributed by atoms with Gasteiger partial charge < -0.3 is 19.8 Å². The third-order valence-corrected chi connectivity index (χ3v) is 4.26. The van der Waals surface area contributed by atoms with Crippen molar-refractivity contribution in [3.05, 3.63) is 78.0 Å². The molecule has 0 radical (unpaired) electrons. The molecule has 28 heavy (non-hydrogen) atoms. The van der Waals surface area contributed by atoms with Gasteiger partial charge >= 0.3 is 0 Å². The maximum Gasteiger partial charge on any atom is 0.191 e. The minimum Gasteiger partial charge on any atom is -0.469 e. The summed E-state index contributed by atoms with van der Waals surface area (Å²) in [6.07, 6.45) is 6.25. The van der Waals surface area contributed by atoms with E-state index < -0.39 is 0 Å². The van der Waals surface area contributed by atoms with E-state index in [1.165, 1.54) is 11.1 Å². The summed E-state index contributed by atoms with van der Waals surface area (Å²) in [5, 5.41) is 11.0. The highest BCUT2D eigenvalue weighted by Crippen LogP contribution is 2.11. The Bertz CT molecular complexity index is 828. The van der Waals surface area contributed by atoms with Gasteiger partial charge in [0.05, 0.1) is 26.0 Å². The molecule has 0 aliphatic rings. The summed E-state index contributed by atoms with van der Waals surface area (Å²) in [6.45, 7) is 3.37. The summed E-state index contributed by atoms with van der Waals surface area (Å²) in [6, 6.07) is 14.1. The molecule has 0 aliphatic heterocycles. The first kappa shape index (κ1) is 19.7. The van der Waals surface area contributed by atoms with Gasteiger partial charge in [0.15, 0.2) is 5.96 Å². The Hall–Kier alpha value is -3.06. The summed E-state index contributed by atoms with van der Waals surface area (Å²) in [5.41, 5.74) is 2.39. The van der Waals surface area contributed by atoms with Crippen molar-refractivity contribution < 1.29 is 9.15 Å². The maximum atomic E-state index is 5.38. The Morgan fingerprint density at radius 2 is 1.96 bits per heavy atom. The normalized spacial score (nSPS) is 11.5. The van der Waals surface area contributed by atoms with E-state index in [0.29, 0.717) is 19.7 Å². The van der Waals surface area contributed by atoms with Crippen molar-refractivity contribution >= 4 is 5.96 Å². The number of nitrogens with zero attached hydrogens (tertiary/aromatic N) is 3. The number of benzene rings is 1. The fraction of sp³-hybridized carbons (Fsp3) is 0.333. The fourth-order valence-corrected chi connectivity index (χ4v) is 2.80. The first-order valence-electron chi connectivity index (χ1n) is 9.43. The molecule has 0 aliphatic carbocycles. The number of furan rings is 1. The van der Waals surface area contributed by atoms with E-state index >= 15 is 0 Å². The molecule has 0 amide bonds. The molecule has 7 nitrogen and oxygen atoms in total. The molecule has 7 heteroatoms.